The molecule has 4 heterocycles. The Kier molecular flexibility index (Phi) is 8.46. The predicted octanol–water partition coefficient (Wildman–Crippen LogP) is 15.8. The summed E-state index contributed by atoms with van der Waals surface area (Å²) < 4.78 is 0. The van der Waals surface area contributed by atoms with Crippen molar-refractivity contribution in [3.63, 3.8) is 0 Å². The van der Waals surface area contributed by atoms with Crippen LogP contribution in [0, 0.1) is 0 Å². The minimum Gasteiger partial charge on any atom is -0.310 e. The summed E-state index contributed by atoms with van der Waals surface area (Å²) in [6.45, 7) is 0. The van der Waals surface area contributed by atoms with Crippen molar-refractivity contribution < 1.29 is 0 Å². The summed E-state index contributed by atoms with van der Waals surface area (Å²) in [5, 5.41) is 16.4. The molecule has 0 bridgehead atoms. The number of fused-ring (bicyclic) bond motifs is 10. The highest BCUT2D eigenvalue weighted by atomic mass is 15.1. The van der Waals surface area contributed by atoms with Gasteiger partial charge in [0, 0.05) is 86.9 Å². The molecule has 13 aromatic rings. The fraction of sp³-hybridized carbons (Fsp3) is 0. The first-order chi connectivity index (χ1) is 32.2. The molecule has 0 spiro atoms. The van der Waals surface area contributed by atoms with Gasteiger partial charge in [-0.2, -0.15) is 0 Å². The highest BCUT2D eigenvalue weighted by Gasteiger charge is 2.16. The summed E-state index contributed by atoms with van der Waals surface area (Å²) >= 11 is 0. The molecule has 0 unspecified atom stereocenters. The van der Waals surface area contributed by atoms with Crippen molar-refractivity contribution in [2.45, 2.75) is 0 Å². The Morgan fingerprint density at radius 3 is 1.26 bits per heavy atom. The molecule has 0 saturated heterocycles. The number of anilines is 3. The van der Waals surface area contributed by atoms with Crippen LogP contribution in [0.2, 0.25) is 0 Å². The van der Waals surface area contributed by atoms with Crippen LogP contribution in [0.5, 0.6) is 0 Å². The zero-order valence-corrected chi connectivity index (χ0v) is 35.1. The quantitative estimate of drug-likeness (QED) is 0.156. The highest BCUT2D eigenvalue weighted by Crippen LogP contribution is 2.40. The van der Waals surface area contributed by atoms with E-state index in [0.717, 1.165) is 82.7 Å². The van der Waals surface area contributed by atoms with E-state index in [-0.39, 0.29) is 0 Å². The SMILES string of the molecule is c1ccc2cc(-c3ccc4c(ccc5cc(N(c6ccc(-c7cc8ccc9ccncc9c8cn7)cc6)c6ccc(-c7cc8ccc9ccncc9c8cn7)cc6)ccc54)c3)ccc2c1. The van der Waals surface area contributed by atoms with Crippen LogP contribution >= 0.6 is 0 Å². The van der Waals surface area contributed by atoms with Crippen molar-refractivity contribution in [3.8, 4) is 33.6 Å². The Morgan fingerprint density at radius 1 is 0.262 bits per heavy atom. The van der Waals surface area contributed by atoms with E-state index in [0.29, 0.717) is 0 Å². The predicted molar refractivity (Wildman–Crippen MR) is 271 cm³/mol. The lowest BCUT2D eigenvalue weighted by atomic mass is 9.96. The summed E-state index contributed by atoms with van der Waals surface area (Å²) in [5.41, 5.74) is 9.55. The summed E-state index contributed by atoms with van der Waals surface area (Å²) in [6.07, 6.45) is 11.5. The zero-order valence-electron chi connectivity index (χ0n) is 35.1. The van der Waals surface area contributed by atoms with Crippen LogP contribution in [0.25, 0.3) is 109 Å². The van der Waals surface area contributed by atoms with E-state index in [1.54, 1.807) is 0 Å². The number of nitrogens with zero attached hydrogens (tertiary/aromatic N) is 5. The lowest BCUT2D eigenvalue weighted by Gasteiger charge is -2.26. The van der Waals surface area contributed by atoms with Crippen LogP contribution in [0.4, 0.5) is 17.1 Å². The topological polar surface area (TPSA) is 54.8 Å². The van der Waals surface area contributed by atoms with Crippen LogP contribution in [0.1, 0.15) is 0 Å². The number of hydrogen-bond donors (Lipinski definition) is 0. The smallest absolute Gasteiger partial charge is 0.0708 e. The van der Waals surface area contributed by atoms with Crippen LogP contribution < -0.4 is 4.90 Å². The van der Waals surface area contributed by atoms with Gasteiger partial charge in [0.2, 0.25) is 0 Å². The average molecular weight is 828 g/mol. The Balaban J connectivity index is 0.882. The first-order valence-corrected chi connectivity index (χ1v) is 21.9. The van der Waals surface area contributed by atoms with E-state index in [2.05, 4.69) is 191 Å². The summed E-state index contributed by atoms with van der Waals surface area (Å²) in [4.78, 5) is 20.9. The maximum Gasteiger partial charge on any atom is 0.0708 e. The molecule has 65 heavy (non-hydrogen) atoms. The van der Waals surface area contributed by atoms with E-state index in [4.69, 9.17) is 9.97 Å². The van der Waals surface area contributed by atoms with Gasteiger partial charge in [-0.3, -0.25) is 19.9 Å². The Morgan fingerprint density at radius 2 is 0.677 bits per heavy atom. The highest BCUT2D eigenvalue weighted by molar-refractivity contribution is 6.11. The van der Waals surface area contributed by atoms with E-state index in [1.807, 2.05) is 49.3 Å². The van der Waals surface area contributed by atoms with Crippen molar-refractivity contribution in [1.29, 1.82) is 0 Å². The maximum absolute atomic E-state index is 4.93. The molecule has 5 heteroatoms. The number of aromatic nitrogens is 4. The minimum atomic E-state index is 0.927. The monoisotopic (exact) mass is 827 g/mol. The van der Waals surface area contributed by atoms with E-state index < -0.39 is 0 Å². The fourth-order valence-corrected chi connectivity index (χ4v) is 9.65. The molecule has 0 N–H and O–H groups in total. The third kappa shape index (κ3) is 6.40. The second-order valence-electron chi connectivity index (χ2n) is 16.8. The second kappa shape index (κ2) is 14.9. The number of benzene rings is 9. The Labute approximate surface area is 374 Å². The lowest BCUT2D eigenvalue weighted by Crippen LogP contribution is -2.10. The van der Waals surface area contributed by atoms with Crippen LogP contribution in [0.3, 0.4) is 0 Å². The molecule has 4 aromatic heterocycles. The van der Waals surface area contributed by atoms with E-state index in [1.165, 1.54) is 43.4 Å². The Hall–Kier alpha value is -8.80. The van der Waals surface area contributed by atoms with Gasteiger partial charge in [0.1, 0.15) is 0 Å². The number of pyridine rings is 4. The summed E-state index contributed by atoms with van der Waals surface area (Å²) in [5.74, 6) is 0. The number of hydrogen-bond acceptors (Lipinski definition) is 5. The lowest BCUT2D eigenvalue weighted by molar-refractivity contribution is 1.28. The molecule has 0 atom stereocenters. The third-order valence-electron chi connectivity index (χ3n) is 13.0. The van der Waals surface area contributed by atoms with Crippen LogP contribution in [-0.4, -0.2) is 19.9 Å². The van der Waals surface area contributed by atoms with Crippen LogP contribution in [0.15, 0.2) is 225 Å². The zero-order chi connectivity index (χ0) is 42.8. The Bertz CT molecular complexity index is 3850. The molecule has 302 valence electrons. The molecule has 0 aliphatic rings. The van der Waals surface area contributed by atoms with Gasteiger partial charge in [0.05, 0.1) is 11.4 Å². The number of rotatable bonds is 6. The van der Waals surface area contributed by atoms with Gasteiger partial charge in [-0.15, -0.1) is 0 Å². The fourth-order valence-electron chi connectivity index (χ4n) is 9.65. The standard InChI is InChI=1S/C60H37N5/c1-2-4-43-29-44(8-5-38(43)3-1)45-17-23-53-46(30-45)11-12-47-31-52(22-24-54(47)53)65(50-18-13-41(14-19-50)59-32-48-9-6-39-25-27-61-34-55(39)57(48)36-63-59)51-20-15-42(16-21-51)60-33-49-10-7-40-26-28-62-35-56(40)58(49)37-64-60/h1-37H. The first kappa shape index (κ1) is 36.8. The second-order valence-corrected chi connectivity index (χ2v) is 16.8. The van der Waals surface area contributed by atoms with Gasteiger partial charge in [0.25, 0.3) is 0 Å². The maximum atomic E-state index is 4.93. The van der Waals surface area contributed by atoms with Gasteiger partial charge in [-0.25, -0.2) is 0 Å². The molecule has 0 aliphatic heterocycles. The molecule has 0 amide bonds. The molecule has 0 radical (unpaired) electrons. The van der Waals surface area contributed by atoms with E-state index >= 15 is 0 Å². The van der Waals surface area contributed by atoms with Crippen molar-refractivity contribution in [2.75, 3.05) is 4.90 Å². The molecular weight excluding hydrogens is 791 g/mol. The molecule has 0 fully saturated rings. The molecular formula is C60H37N5. The van der Waals surface area contributed by atoms with E-state index in [9.17, 15) is 0 Å². The minimum absolute atomic E-state index is 0.927. The van der Waals surface area contributed by atoms with Crippen LogP contribution in [-0.2, 0) is 0 Å². The third-order valence-corrected chi connectivity index (χ3v) is 13.0. The molecule has 5 nitrogen and oxygen atoms in total. The largest absolute Gasteiger partial charge is 0.310 e. The average Bonchev–Trinajstić information content (AvgIpc) is 3.38. The molecule has 0 aliphatic carbocycles. The van der Waals surface area contributed by atoms with Gasteiger partial charge in [-0.05, 0) is 138 Å². The van der Waals surface area contributed by atoms with Gasteiger partial charge >= 0.3 is 0 Å². The normalized spacial score (nSPS) is 11.7. The first-order valence-electron chi connectivity index (χ1n) is 21.9. The molecule has 0 saturated carbocycles. The molecule has 9 aromatic carbocycles. The van der Waals surface area contributed by atoms with Gasteiger partial charge in [0.15, 0.2) is 0 Å². The van der Waals surface area contributed by atoms with Crippen molar-refractivity contribution in [1.82, 2.24) is 19.9 Å². The van der Waals surface area contributed by atoms with Crippen molar-refractivity contribution >= 4 is 92.5 Å². The summed E-state index contributed by atoms with van der Waals surface area (Å²) in [6, 6.07) is 68.0. The molecule has 13 rings (SSSR count). The summed E-state index contributed by atoms with van der Waals surface area (Å²) in [7, 11) is 0. The van der Waals surface area contributed by atoms with Crippen molar-refractivity contribution in [3.05, 3.63) is 225 Å². The van der Waals surface area contributed by atoms with Gasteiger partial charge < -0.3 is 4.90 Å². The van der Waals surface area contributed by atoms with Crippen molar-refractivity contribution in [2.24, 2.45) is 0 Å². The van der Waals surface area contributed by atoms with Gasteiger partial charge in [-0.1, -0.05) is 115 Å².